The van der Waals surface area contributed by atoms with Crippen LogP contribution in [0, 0.1) is 0 Å². The van der Waals surface area contributed by atoms with Gasteiger partial charge in [-0.3, -0.25) is 4.79 Å². The first-order chi connectivity index (χ1) is 11.1. The first kappa shape index (κ1) is 15.8. The third kappa shape index (κ3) is 4.03. The van der Waals surface area contributed by atoms with Crippen LogP contribution in [-0.4, -0.2) is 30.2 Å². The number of rotatable bonds is 3. The van der Waals surface area contributed by atoms with E-state index in [0.717, 1.165) is 31.6 Å². The second-order valence-corrected chi connectivity index (χ2v) is 6.17. The Kier molecular flexibility index (Phi) is 4.84. The number of aliphatic hydroxyl groups is 1. The topological polar surface area (TPSA) is 52.6 Å². The fourth-order valence-corrected chi connectivity index (χ4v) is 2.91. The standard InChI is InChI=1S/C18H19ClN2O2/c19-14-2-1-3-15(12-14)20-18(23)13-4-6-16(7-5-13)21-10-8-17(22)9-11-21/h1-7,12,17,22H,8-11H2,(H,20,23). The molecule has 5 heteroatoms. The first-order valence-electron chi connectivity index (χ1n) is 7.72. The Labute approximate surface area is 140 Å². The van der Waals surface area contributed by atoms with Gasteiger partial charge < -0.3 is 15.3 Å². The minimum Gasteiger partial charge on any atom is -0.393 e. The molecule has 1 amide bonds. The summed E-state index contributed by atoms with van der Waals surface area (Å²) in [5.41, 5.74) is 2.36. The molecule has 1 fully saturated rings. The number of anilines is 2. The largest absolute Gasteiger partial charge is 0.393 e. The van der Waals surface area contributed by atoms with Gasteiger partial charge in [-0.2, -0.15) is 0 Å². The summed E-state index contributed by atoms with van der Waals surface area (Å²) in [4.78, 5) is 14.5. The van der Waals surface area contributed by atoms with Crippen molar-refractivity contribution in [3.05, 3.63) is 59.1 Å². The summed E-state index contributed by atoms with van der Waals surface area (Å²) in [6.45, 7) is 1.68. The van der Waals surface area contributed by atoms with Crippen molar-refractivity contribution in [2.75, 3.05) is 23.3 Å². The molecule has 120 valence electrons. The van der Waals surface area contributed by atoms with Crippen LogP contribution in [0.15, 0.2) is 48.5 Å². The summed E-state index contributed by atoms with van der Waals surface area (Å²) in [7, 11) is 0. The molecule has 2 N–H and O–H groups in total. The number of carbonyl (C=O) groups is 1. The maximum atomic E-state index is 12.3. The van der Waals surface area contributed by atoms with Crippen molar-refractivity contribution in [3.63, 3.8) is 0 Å². The van der Waals surface area contributed by atoms with Crippen LogP contribution in [0.3, 0.4) is 0 Å². The van der Waals surface area contributed by atoms with Crippen LogP contribution < -0.4 is 10.2 Å². The molecule has 0 aromatic heterocycles. The van der Waals surface area contributed by atoms with Crippen LogP contribution in [0.1, 0.15) is 23.2 Å². The molecule has 4 nitrogen and oxygen atoms in total. The third-order valence-corrected chi connectivity index (χ3v) is 4.28. The zero-order valence-electron chi connectivity index (χ0n) is 12.7. The van der Waals surface area contributed by atoms with E-state index < -0.39 is 0 Å². The average Bonchev–Trinajstić information content (AvgIpc) is 2.56. The minimum atomic E-state index is -0.186. The van der Waals surface area contributed by atoms with Gasteiger partial charge in [-0.05, 0) is 55.3 Å². The van der Waals surface area contributed by atoms with Crippen LogP contribution in [0.25, 0.3) is 0 Å². The lowest BCUT2D eigenvalue weighted by Crippen LogP contribution is -2.35. The molecule has 0 saturated carbocycles. The number of hydrogen-bond acceptors (Lipinski definition) is 3. The smallest absolute Gasteiger partial charge is 0.255 e. The Balaban J connectivity index is 1.65. The molecule has 0 spiro atoms. The molecule has 0 radical (unpaired) electrons. The van der Waals surface area contributed by atoms with E-state index in [1.807, 2.05) is 24.3 Å². The van der Waals surface area contributed by atoms with E-state index >= 15 is 0 Å². The van der Waals surface area contributed by atoms with E-state index in [1.165, 1.54) is 0 Å². The van der Waals surface area contributed by atoms with Gasteiger partial charge in [0.05, 0.1) is 6.10 Å². The summed E-state index contributed by atoms with van der Waals surface area (Å²) in [6.07, 6.45) is 1.39. The highest BCUT2D eigenvalue weighted by Gasteiger charge is 2.17. The fourth-order valence-electron chi connectivity index (χ4n) is 2.72. The molecule has 2 aromatic carbocycles. The molecule has 0 bridgehead atoms. The SMILES string of the molecule is O=C(Nc1cccc(Cl)c1)c1ccc(N2CCC(O)CC2)cc1. The number of nitrogens with one attached hydrogen (secondary N) is 1. The van der Waals surface area contributed by atoms with Gasteiger partial charge in [-0.25, -0.2) is 0 Å². The second kappa shape index (κ2) is 7.02. The van der Waals surface area contributed by atoms with Crippen molar-refractivity contribution in [1.82, 2.24) is 0 Å². The summed E-state index contributed by atoms with van der Waals surface area (Å²) in [5.74, 6) is -0.159. The predicted octanol–water partition coefficient (Wildman–Crippen LogP) is 3.55. The van der Waals surface area contributed by atoms with Crippen LogP contribution in [-0.2, 0) is 0 Å². The quantitative estimate of drug-likeness (QED) is 0.904. The summed E-state index contributed by atoms with van der Waals surface area (Å²) < 4.78 is 0. The van der Waals surface area contributed by atoms with Gasteiger partial charge >= 0.3 is 0 Å². The van der Waals surface area contributed by atoms with Gasteiger partial charge in [0.1, 0.15) is 0 Å². The number of benzene rings is 2. The van der Waals surface area contributed by atoms with Crippen molar-refractivity contribution < 1.29 is 9.90 Å². The molecular formula is C18H19ClN2O2. The van der Waals surface area contributed by atoms with E-state index in [0.29, 0.717) is 16.3 Å². The Morgan fingerprint density at radius 2 is 1.83 bits per heavy atom. The molecule has 0 atom stereocenters. The molecule has 2 aromatic rings. The lowest BCUT2D eigenvalue weighted by atomic mass is 10.1. The van der Waals surface area contributed by atoms with Crippen molar-refractivity contribution in [2.45, 2.75) is 18.9 Å². The highest BCUT2D eigenvalue weighted by atomic mass is 35.5. The second-order valence-electron chi connectivity index (χ2n) is 5.73. The minimum absolute atomic E-state index is 0.159. The zero-order chi connectivity index (χ0) is 16.2. The summed E-state index contributed by atoms with van der Waals surface area (Å²) >= 11 is 5.92. The first-order valence-corrected chi connectivity index (χ1v) is 8.09. The molecule has 1 heterocycles. The van der Waals surface area contributed by atoms with E-state index in [2.05, 4.69) is 10.2 Å². The number of amides is 1. The van der Waals surface area contributed by atoms with Crippen molar-refractivity contribution in [2.24, 2.45) is 0 Å². The number of nitrogens with zero attached hydrogens (tertiary/aromatic N) is 1. The monoisotopic (exact) mass is 330 g/mol. The van der Waals surface area contributed by atoms with E-state index in [-0.39, 0.29) is 12.0 Å². The number of carbonyl (C=O) groups excluding carboxylic acids is 1. The van der Waals surface area contributed by atoms with Crippen LogP contribution in [0.4, 0.5) is 11.4 Å². The van der Waals surface area contributed by atoms with Gasteiger partial charge in [0.25, 0.3) is 5.91 Å². The third-order valence-electron chi connectivity index (χ3n) is 4.04. The van der Waals surface area contributed by atoms with Crippen molar-refractivity contribution in [3.8, 4) is 0 Å². The Bertz CT molecular complexity index is 680. The van der Waals surface area contributed by atoms with Crippen LogP contribution in [0.5, 0.6) is 0 Å². The molecule has 0 unspecified atom stereocenters. The van der Waals surface area contributed by atoms with E-state index in [9.17, 15) is 9.90 Å². The Hall–Kier alpha value is -2.04. The number of piperidine rings is 1. The number of halogens is 1. The van der Waals surface area contributed by atoms with E-state index in [1.54, 1.807) is 24.3 Å². The lowest BCUT2D eigenvalue weighted by molar-refractivity contribution is 0.102. The molecular weight excluding hydrogens is 312 g/mol. The molecule has 0 aliphatic carbocycles. The average molecular weight is 331 g/mol. The van der Waals surface area contributed by atoms with Gasteiger partial charge in [0, 0.05) is 35.1 Å². The molecule has 1 aliphatic rings. The zero-order valence-corrected chi connectivity index (χ0v) is 13.5. The summed E-state index contributed by atoms with van der Waals surface area (Å²) in [6, 6.07) is 14.6. The predicted molar refractivity (Wildman–Crippen MR) is 93.3 cm³/mol. The number of hydrogen-bond donors (Lipinski definition) is 2. The highest BCUT2D eigenvalue weighted by molar-refractivity contribution is 6.30. The maximum absolute atomic E-state index is 12.3. The normalized spacial score (nSPS) is 15.5. The fraction of sp³-hybridized carbons (Fsp3) is 0.278. The highest BCUT2D eigenvalue weighted by Crippen LogP contribution is 2.21. The maximum Gasteiger partial charge on any atom is 0.255 e. The van der Waals surface area contributed by atoms with Gasteiger partial charge in [-0.15, -0.1) is 0 Å². The molecule has 23 heavy (non-hydrogen) atoms. The Morgan fingerprint density at radius 3 is 2.48 bits per heavy atom. The number of aliphatic hydroxyl groups excluding tert-OH is 1. The van der Waals surface area contributed by atoms with E-state index in [4.69, 9.17) is 11.6 Å². The van der Waals surface area contributed by atoms with Gasteiger partial charge in [0.15, 0.2) is 0 Å². The van der Waals surface area contributed by atoms with Gasteiger partial charge in [-0.1, -0.05) is 17.7 Å². The molecule has 1 aliphatic heterocycles. The van der Waals surface area contributed by atoms with Crippen LogP contribution >= 0.6 is 11.6 Å². The van der Waals surface area contributed by atoms with Gasteiger partial charge in [0.2, 0.25) is 0 Å². The van der Waals surface area contributed by atoms with Crippen molar-refractivity contribution >= 4 is 28.9 Å². The molecule has 3 rings (SSSR count). The van der Waals surface area contributed by atoms with Crippen LogP contribution in [0.2, 0.25) is 5.02 Å². The summed E-state index contributed by atoms with van der Waals surface area (Å²) in [5, 5.41) is 13.0. The molecule has 1 saturated heterocycles. The Morgan fingerprint density at radius 1 is 1.13 bits per heavy atom. The lowest BCUT2D eigenvalue weighted by Gasteiger charge is -2.31. The van der Waals surface area contributed by atoms with Crippen molar-refractivity contribution in [1.29, 1.82) is 0 Å².